The summed E-state index contributed by atoms with van der Waals surface area (Å²) in [7, 11) is 0. The van der Waals surface area contributed by atoms with E-state index >= 15 is 0 Å². The number of hydrogen-bond donors (Lipinski definition) is 0. The van der Waals surface area contributed by atoms with Crippen LogP contribution >= 0.6 is 0 Å². The molecule has 0 aromatic heterocycles. The SMILES string of the molecule is CC=CC(=O)C1=C(C)CCCC12CC=CC2. The molecule has 0 aliphatic heterocycles. The second-order valence-electron chi connectivity index (χ2n) is 5.03. The Labute approximate surface area is 97.9 Å². The summed E-state index contributed by atoms with van der Waals surface area (Å²) < 4.78 is 0. The van der Waals surface area contributed by atoms with Gasteiger partial charge in [-0.2, -0.15) is 0 Å². The number of hydrogen-bond acceptors (Lipinski definition) is 1. The minimum atomic E-state index is 0.152. The Bertz CT molecular complexity index is 374. The molecule has 0 aromatic rings. The minimum absolute atomic E-state index is 0.152. The number of carbonyl (C=O) groups excluding carboxylic acids is 1. The highest BCUT2D eigenvalue weighted by Crippen LogP contribution is 2.49. The monoisotopic (exact) mass is 216 g/mol. The van der Waals surface area contributed by atoms with Crippen LogP contribution in [0.4, 0.5) is 0 Å². The normalized spacial score (nSPS) is 23.6. The fraction of sp³-hybridized carbons (Fsp3) is 0.533. The molecule has 0 amide bonds. The summed E-state index contributed by atoms with van der Waals surface area (Å²) in [5.74, 6) is 0.239. The smallest absolute Gasteiger partial charge is 0.182 e. The Balaban J connectivity index is 2.39. The summed E-state index contributed by atoms with van der Waals surface area (Å²) in [4.78, 5) is 12.2. The van der Waals surface area contributed by atoms with E-state index in [9.17, 15) is 4.79 Å². The van der Waals surface area contributed by atoms with Crippen molar-refractivity contribution < 1.29 is 4.79 Å². The van der Waals surface area contributed by atoms with Crippen molar-refractivity contribution in [1.82, 2.24) is 0 Å². The van der Waals surface area contributed by atoms with Crippen LogP contribution in [0.3, 0.4) is 0 Å². The van der Waals surface area contributed by atoms with Crippen molar-refractivity contribution in [3.63, 3.8) is 0 Å². The summed E-state index contributed by atoms with van der Waals surface area (Å²) in [6, 6.07) is 0. The van der Waals surface area contributed by atoms with Crippen molar-refractivity contribution in [1.29, 1.82) is 0 Å². The van der Waals surface area contributed by atoms with Gasteiger partial charge in [-0.3, -0.25) is 4.79 Å². The van der Waals surface area contributed by atoms with Crippen LogP contribution in [0.25, 0.3) is 0 Å². The average molecular weight is 216 g/mol. The zero-order chi connectivity index (χ0) is 11.6. The summed E-state index contributed by atoms with van der Waals surface area (Å²) >= 11 is 0. The molecule has 0 aromatic carbocycles. The molecular formula is C15H20O. The maximum Gasteiger partial charge on any atom is 0.182 e. The highest BCUT2D eigenvalue weighted by molar-refractivity contribution is 6.05. The lowest BCUT2D eigenvalue weighted by molar-refractivity contribution is -0.112. The van der Waals surface area contributed by atoms with Gasteiger partial charge in [0.1, 0.15) is 0 Å². The highest BCUT2D eigenvalue weighted by atomic mass is 16.1. The Kier molecular flexibility index (Phi) is 3.13. The first kappa shape index (κ1) is 11.4. The van der Waals surface area contributed by atoms with Gasteiger partial charge in [0.2, 0.25) is 0 Å². The van der Waals surface area contributed by atoms with Gasteiger partial charge in [-0.05, 0) is 52.0 Å². The third kappa shape index (κ3) is 1.79. The van der Waals surface area contributed by atoms with E-state index in [1.807, 2.05) is 13.0 Å². The van der Waals surface area contributed by atoms with Crippen molar-refractivity contribution in [2.45, 2.75) is 46.0 Å². The predicted octanol–water partition coefficient (Wildman–Crippen LogP) is 3.97. The molecule has 0 saturated heterocycles. The molecule has 0 saturated carbocycles. The van der Waals surface area contributed by atoms with Crippen LogP contribution in [0.5, 0.6) is 0 Å². The Morgan fingerprint density at radius 2 is 2.06 bits per heavy atom. The average Bonchev–Trinajstić information content (AvgIpc) is 2.67. The molecule has 0 unspecified atom stereocenters. The number of ketones is 1. The lowest BCUT2D eigenvalue weighted by Crippen LogP contribution is -2.28. The summed E-state index contributed by atoms with van der Waals surface area (Å²) in [5, 5.41) is 0. The molecular weight excluding hydrogens is 196 g/mol. The zero-order valence-electron chi connectivity index (χ0n) is 10.3. The Hall–Kier alpha value is -1.11. The van der Waals surface area contributed by atoms with Crippen molar-refractivity contribution in [3.05, 3.63) is 35.5 Å². The summed E-state index contributed by atoms with van der Waals surface area (Å²) in [6.07, 6.45) is 13.7. The molecule has 2 rings (SSSR count). The molecule has 0 heterocycles. The van der Waals surface area contributed by atoms with Crippen LogP contribution in [0.2, 0.25) is 0 Å². The van der Waals surface area contributed by atoms with E-state index in [4.69, 9.17) is 0 Å². The van der Waals surface area contributed by atoms with Crippen molar-refractivity contribution in [3.8, 4) is 0 Å². The summed E-state index contributed by atoms with van der Waals surface area (Å²) in [6.45, 7) is 4.05. The van der Waals surface area contributed by atoms with E-state index in [0.717, 1.165) is 24.8 Å². The molecule has 0 atom stereocenters. The minimum Gasteiger partial charge on any atom is -0.290 e. The number of carbonyl (C=O) groups is 1. The van der Waals surface area contributed by atoms with Gasteiger partial charge < -0.3 is 0 Å². The van der Waals surface area contributed by atoms with Gasteiger partial charge >= 0.3 is 0 Å². The quantitative estimate of drug-likeness (QED) is 0.504. The molecule has 1 heteroatoms. The van der Waals surface area contributed by atoms with E-state index in [1.165, 1.54) is 18.4 Å². The molecule has 0 N–H and O–H groups in total. The lowest BCUT2D eigenvalue weighted by atomic mass is 9.67. The molecule has 1 spiro atoms. The number of allylic oxidation sites excluding steroid dienone is 6. The standard InChI is InChI=1S/C15H20O/c1-3-7-13(16)14-12(2)8-6-11-15(14)9-4-5-10-15/h3-5,7H,6,8-11H2,1-2H3. The first-order valence-electron chi connectivity index (χ1n) is 6.22. The van der Waals surface area contributed by atoms with Gasteiger partial charge in [0.25, 0.3) is 0 Å². The molecule has 0 bridgehead atoms. The third-order valence-corrected chi connectivity index (χ3v) is 3.91. The van der Waals surface area contributed by atoms with Gasteiger partial charge in [0.05, 0.1) is 0 Å². The van der Waals surface area contributed by atoms with Crippen LogP contribution in [0, 0.1) is 5.41 Å². The van der Waals surface area contributed by atoms with Crippen LogP contribution in [-0.4, -0.2) is 5.78 Å². The topological polar surface area (TPSA) is 17.1 Å². The highest BCUT2D eigenvalue weighted by Gasteiger charge is 2.40. The molecule has 0 radical (unpaired) electrons. The van der Waals surface area contributed by atoms with Crippen molar-refractivity contribution in [2.75, 3.05) is 0 Å². The van der Waals surface area contributed by atoms with E-state index in [2.05, 4.69) is 19.1 Å². The van der Waals surface area contributed by atoms with Gasteiger partial charge in [-0.15, -0.1) is 0 Å². The Morgan fingerprint density at radius 3 is 2.69 bits per heavy atom. The molecule has 0 fully saturated rings. The lowest BCUT2D eigenvalue weighted by Gasteiger charge is -2.36. The first-order chi connectivity index (χ1) is 7.69. The summed E-state index contributed by atoms with van der Waals surface area (Å²) in [5.41, 5.74) is 2.58. The van der Waals surface area contributed by atoms with E-state index < -0.39 is 0 Å². The fourth-order valence-electron chi connectivity index (χ4n) is 3.21. The van der Waals surface area contributed by atoms with Gasteiger partial charge in [-0.1, -0.05) is 23.8 Å². The maximum atomic E-state index is 12.2. The second kappa shape index (κ2) is 4.40. The van der Waals surface area contributed by atoms with Crippen molar-refractivity contribution in [2.24, 2.45) is 5.41 Å². The predicted molar refractivity (Wildman–Crippen MR) is 67.2 cm³/mol. The van der Waals surface area contributed by atoms with Gasteiger partial charge in [-0.25, -0.2) is 0 Å². The van der Waals surface area contributed by atoms with Crippen LogP contribution < -0.4 is 0 Å². The van der Waals surface area contributed by atoms with Crippen LogP contribution in [-0.2, 0) is 4.79 Å². The van der Waals surface area contributed by atoms with Crippen molar-refractivity contribution >= 4 is 5.78 Å². The molecule has 2 aliphatic rings. The molecule has 2 aliphatic carbocycles. The third-order valence-electron chi connectivity index (χ3n) is 3.91. The molecule has 1 nitrogen and oxygen atoms in total. The van der Waals surface area contributed by atoms with Gasteiger partial charge in [0.15, 0.2) is 5.78 Å². The maximum absolute atomic E-state index is 12.2. The fourth-order valence-corrected chi connectivity index (χ4v) is 3.21. The van der Waals surface area contributed by atoms with E-state index in [0.29, 0.717) is 0 Å². The van der Waals surface area contributed by atoms with Crippen LogP contribution in [0.15, 0.2) is 35.5 Å². The van der Waals surface area contributed by atoms with E-state index in [-0.39, 0.29) is 11.2 Å². The first-order valence-corrected chi connectivity index (χ1v) is 6.22. The van der Waals surface area contributed by atoms with Gasteiger partial charge in [0, 0.05) is 11.0 Å². The van der Waals surface area contributed by atoms with E-state index in [1.54, 1.807) is 6.08 Å². The van der Waals surface area contributed by atoms with Crippen LogP contribution in [0.1, 0.15) is 46.0 Å². The second-order valence-corrected chi connectivity index (χ2v) is 5.03. The zero-order valence-corrected chi connectivity index (χ0v) is 10.3. The Morgan fingerprint density at radius 1 is 1.38 bits per heavy atom. The molecule has 86 valence electrons. The number of rotatable bonds is 2. The largest absolute Gasteiger partial charge is 0.290 e. The molecule has 16 heavy (non-hydrogen) atoms.